The predicted molar refractivity (Wildman–Crippen MR) is 76.7 cm³/mol. The monoisotopic (exact) mass is 330 g/mol. The van der Waals surface area contributed by atoms with Gasteiger partial charge in [0.25, 0.3) is 10.0 Å². The minimum atomic E-state index is -3.97. The summed E-state index contributed by atoms with van der Waals surface area (Å²) in [5.41, 5.74) is 1.37. The summed E-state index contributed by atoms with van der Waals surface area (Å²) in [7, 11) is -7.92. The third kappa shape index (κ3) is 3.23. The molecule has 0 aliphatic heterocycles. The van der Waals surface area contributed by atoms with E-state index >= 15 is 0 Å². The second-order valence-corrected chi connectivity index (χ2v) is 7.68. The summed E-state index contributed by atoms with van der Waals surface area (Å²) < 4.78 is 49.5. The van der Waals surface area contributed by atoms with Crippen LogP contribution in [0.2, 0.25) is 0 Å². The van der Waals surface area contributed by atoms with Gasteiger partial charge in [-0.1, -0.05) is 6.07 Å². The van der Waals surface area contributed by atoms with E-state index in [9.17, 15) is 16.8 Å². The summed E-state index contributed by atoms with van der Waals surface area (Å²) in [4.78, 5) is -0.472. The van der Waals surface area contributed by atoms with Crippen molar-refractivity contribution in [2.75, 3.05) is 4.72 Å². The van der Waals surface area contributed by atoms with Crippen molar-refractivity contribution < 1.29 is 16.8 Å². The van der Waals surface area contributed by atoms with Crippen LogP contribution < -0.4 is 9.86 Å². The Morgan fingerprint density at radius 1 is 1.14 bits per heavy atom. The Kier molecular flexibility index (Phi) is 3.78. The molecule has 21 heavy (non-hydrogen) atoms. The van der Waals surface area contributed by atoms with Crippen molar-refractivity contribution in [2.45, 2.75) is 23.6 Å². The number of aryl methyl sites for hydroxylation is 2. The van der Waals surface area contributed by atoms with Crippen LogP contribution in [0.15, 0.2) is 34.1 Å². The standard InChI is InChI=1S/C11H14N4O4S2/c1-7-11(8(2)14-13-7)15-21(18,19)10-5-3-4-9(6-10)20(12,16)17/h3-6,15H,1-2H3,(H,13,14)(H2,12,16,17). The van der Waals surface area contributed by atoms with Gasteiger partial charge in [0.1, 0.15) is 0 Å². The van der Waals surface area contributed by atoms with Crippen molar-refractivity contribution in [1.29, 1.82) is 0 Å². The maximum absolute atomic E-state index is 12.3. The quantitative estimate of drug-likeness (QED) is 0.749. The number of nitrogens with zero attached hydrogens (tertiary/aromatic N) is 1. The number of hydrogen-bond acceptors (Lipinski definition) is 5. The first kappa shape index (κ1) is 15.5. The molecule has 114 valence electrons. The number of nitrogens with one attached hydrogen (secondary N) is 2. The first-order chi connectivity index (χ1) is 9.61. The second-order valence-electron chi connectivity index (χ2n) is 4.43. The summed E-state index contributed by atoms with van der Waals surface area (Å²) >= 11 is 0. The largest absolute Gasteiger partial charge is 0.280 e. The molecule has 1 heterocycles. The molecule has 0 fully saturated rings. The highest BCUT2D eigenvalue weighted by molar-refractivity contribution is 7.93. The molecule has 8 nitrogen and oxygen atoms in total. The number of hydrogen-bond donors (Lipinski definition) is 3. The van der Waals surface area contributed by atoms with Gasteiger partial charge in [0.05, 0.1) is 26.9 Å². The van der Waals surface area contributed by atoms with Crippen molar-refractivity contribution in [3.05, 3.63) is 35.7 Å². The van der Waals surface area contributed by atoms with Crippen LogP contribution in [-0.2, 0) is 20.0 Å². The number of aromatic amines is 1. The van der Waals surface area contributed by atoms with Gasteiger partial charge in [-0.3, -0.25) is 9.82 Å². The molecular formula is C11H14N4O4S2. The topological polar surface area (TPSA) is 135 Å². The fourth-order valence-electron chi connectivity index (χ4n) is 1.71. The first-order valence-corrected chi connectivity index (χ1v) is 8.81. The molecule has 1 aromatic heterocycles. The highest BCUT2D eigenvalue weighted by Crippen LogP contribution is 2.22. The third-order valence-corrected chi connectivity index (χ3v) is 5.07. The first-order valence-electron chi connectivity index (χ1n) is 5.78. The number of primary sulfonamides is 1. The SMILES string of the molecule is Cc1n[nH]c(C)c1NS(=O)(=O)c1cccc(S(N)(=O)=O)c1. The molecule has 2 rings (SSSR count). The molecule has 2 aromatic rings. The van der Waals surface area contributed by atoms with E-state index in [2.05, 4.69) is 14.9 Å². The van der Waals surface area contributed by atoms with Gasteiger partial charge in [-0.15, -0.1) is 0 Å². The Morgan fingerprint density at radius 3 is 2.29 bits per heavy atom. The van der Waals surface area contributed by atoms with Crippen LogP contribution in [0.25, 0.3) is 0 Å². The maximum atomic E-state index is 12.3. The molecule has 0 saturated carbocycles. The summed E-state index contributed by atoms with van der Waals surface area (Å²) in [6.07, 6.45) is 0. The zero-order chi connectivity index (χ0) is 15.8. The van der Waals surface area contributed by atoms with Crippen LogP contribution in [0.5, 0.6) is 0 Å². The molecule has 4 N–H and O–H groups in total. The highest BCUT2D eigenvalue weighted by atomic mass is 32.2. The van der Waals surface area contributed by atoms with Gasteiger partial charge in [0, 0.05) is 0 Å². The fraction of sp³-hybridized carbons (Fsp3) is 0.182. The molecule has 0 bridgehead atoms. The Hall–Kier alpha value is -1.91. The van der Waals surface area contributed by atoms with E-state index in [4.69, 9.17) is 5.14 Å². The van der Waals surface area contributed by atoms with Crippen molar-refractivity contribution >= 4 is 25.7 Å². The zero-order valence-corrected chi connectivity index (χ0v) is 12.9. The Morgan fingerprint density at radius 2 is 1.76 bits per heavy atom. The van der Waals surface area contributed by atoms with Crippen LogP contribution in [0.4, 0.5) is 5.69 Å². The Bertz CT molecular complexity index is 865. The van der Waals surface area contributed by atoms with Crippen LogP contribution in [0.3, 0.4) is 0 Å². The van der Waals surface area contributed by atoms with Gasteiger partial charge in [-0.2, -0.15) is 5.10 Å². The molecule has 0 spiro atoms. The molecule has 0 radical (unpaired) electrons. The van der Waals surface area contributed by atoms with E-state index < -0.39 is 20.0 Å². The Balaban J connectivity index is 2.46. The average molecular weight is 330 g/mol. The lowest BCUT2D eigenvalue weighted by Crippen LogP contribution is -2.16. The minimum Gasteiger partial charge on any atom is -0.280 e. The van der Waals surface area contributed by atoms with Crippen molar-refractivity contribution in [2.24, 2.45) is 5.14 Å². The van der Waals surface area contributed by atoms with Crippen molar-refractivity contribution in [3.8, 4) is 0 Å². The maximum Gasteiger partial charge on any atom is 0.262 e. The molecule has 0 saturated heterocycles. The molecule has 0 unspecified atom stereocenters. The predicted octanol–water partition coefficient (Wildman–Crippen LogP) is 0.475. The molecule has 0 aliphatic rings. The van der Waals surface area contributed by atoms with E-state index in [1.165, 1.54) is 18.2 Å². The Labute approximate surface area is 122 Å². The average Bonchev–Trinajstić information content (AvgIpc) is 2.69. The normalized spacial score (nSPS) is 12.3. The number of benzene rings is 1. The van der Waals surface area contributed by atoms with E-state index in [-0.39, 0.29) is 9.79 Å². The molecule has 10 heteroatoms. The van der Waals surface area contributed by atoms with E-state index in [0.29, 0.717) is 17.1 Å². The fourth-order valence-corrected chi connectivity index (χ4v) is 3.57. The molecule has 0 aliphatic carbocycles. The molecule has 0 atom stereocenters. The lowest BCUT2D eigenvalue weighted by molar-refractivity contribution is 0.597. The van der Waals surface area contributed by atoms with E-state index in [1.54, 1.807) is 13.8 Å². The number of H-pyrrole nitrogens is 1. The van der Waals surface area contributed by atoms with Crippen LogP contribution in [-0.4, -0.2) is 27.0 Å². The number of anilines is 1. The minimum absolute atomic E-state index is 0.200. The summed E-state index contributed by atoms with van der Waals surface area (Å²) in [6, 6.07) is 4.82. The van der Waals surface area contributed by atoms with Gasteiger partial charge in [0.15, 0.2) is 0 Å². The smallest absolute Gasteiger partial charge is 0.262 e. The number of nitrogens with two attached hydrogens (primary N) is 1. The summed E-state index contributed by atoms with van der Waals surface area (Å²) in [6.45, 7) is 3.31. The van der Waals surface area contributed by atoms with Crippen LogP contribution in [0, 0.1) is 13.8 Å². The van der Waals surface area contributed by atoms with Crippen molar-refractivity contribution in [1.82, 2.24) is 10.2 Å². The van der Waals surface area contributed by atoms with Crippen molar-refractivity contribution in [3.63, 3.8) is 0 Å². The lowest BCUT2D eigenvalue weighted by atomic mass is 10.3. The van der Waals surface area contributed by atoms with Gasteiger partial charge < -0.3 is 0 Å². The number of aromatic nitrogens is 2. The van der Waals surface area contributed by atoms with Gasteiger partial charge >= 0.3 is 0 Å². The van der Waals surface area contributed by atoms with Gasteiger partial charge in [-0.25, -0.2) is 22.0 Å². The summed E-state index contributed by atoms with van der Waals surface area (Å²) in [5.74, 6) is 0. The number of sulfonamides is 2. The highest BCUT2D eigenvalue weighted by Gasteiger charge is 2.20. The van der Waals surface area contributed by atoms with Gasteiger partial charge in [-0.05, 0) is 32.0 Å². The van der Waals surface area contributed by atoms with E-state index in [0.717, 1.165) is 6.07 Å². The van der Waals surface area contributed by atoms with E-state index in [1.807, 2.05) is 0 Å². The second kappa shape index (κ2) is 5.13. The van der Waals surface area contributed by atoms with Crippen LogP contribution in [0.1, 0.15) is 11.4 Å². The van der Waals surface area contributed by atoms with Crippen LogP contribution >= 0.6 is 0 Å². The third-order valence-electron chi connectivity index (χ3n) is 2.81. The zero-order valence-electron chi connectivity index (χ0n) is 11.3. The molecular weight excluding hydrogens is 316 g/mol. The lowest BCUT2D eigenvalue weighted by Gasteiger charge is -2.09. The summed E-state index contributed by atoms with van der Waals surface area (Å²) in [5, 5.41) is 11.5. The number of rotatable bonds is 4. The molecule has 0 amide bonds. The molecule has 1 aromatic carbocycles. The van der Waals surface area contributed by atoms with Gasteiger partial charge in [0.2, 0.25) is 10.0 Å².